The Labute approximate surface area is 208 Å². The van der Waals surface area contributed by atoms with Crippen LogP contribution in [-0.4, -0.2) is 44.4 Å². The zero-order valence-electron chi connectivity index (χ0n) is 20.4. The molecule has 1 aliphatic rings. The van der Waals surface area contributed by atoms with Gasteiger partial charge in [0, 0.05) is 31.0 Å². The van der Waals surface area contributed by atoms with Crippen LogP contribution in [0.4, 0.5) is 11.4 Å². The van der Waals surface area contributed by atoms with E-state index in [-0.39, 0.29) is 12.6 Å². The highest BCUT2D eigenvalue weighted by Gasteiger charge is 2.53. The Kier molecular flexibility index (Phi) is 8.27. The van der Waals surface area contributed by atoms with E-state index in [1.54, 1.807) is 0 Å². The highest BCUT2D eigenvalue weighted by atomic mass is 31.2. The Balaban J connectivity index is 1.91. The Morgan fingerprint density at radius 1 is 0.857 bits per heavy atom. The summed E-state index contributed by atoms with van der Waals surface area (Å²) >= 11 is 0. The van der Waals surface area contributed by atoms with Crippen LogP contribution in [0.1, 0.15) is 25.3 Å². The number of para-hydroxylation sites is 2. The van der Waals surface area contributed by atoms with Crippen LogP contribution < -0.4 is 14.7 Å². The van der Waals surface area contributed by atoms with Gasteiger partial charge in [0.1, 0.15) is 0 Å². The molecule has 0 spiro atoms. The highest BCUT2D eigenvalue weighted by molar-refractivity contribution is 7.68. The van der Waals surface area contributed by atoms with E-state index >= 15 is 4.57 Å². The van der Waals surface area contributed by atoms with Crippen LogP contribution >= 0.6 is 7.44 Å². The molecule has 0 radical (unpaired) electrons. The Hall–Kier alpha value is -3.08. The molecule has 184 valence electrons. The first-order valence-electron chi connectivity index (χ1n) is 12.3. The molecule has 0 amide bonds. The maximum Gasteiger partial charge on any atom is 0.314 e. The zero-order valence-corrected chi connectivity index (χ0v) is 21.3. The van der Waals surface area contributed by atoms with Crippen LogP contribution in [0.5, 0.6) is 0 Å². The number of anilines is 2. The van der Waals surface area contributed by atoms with E-state index < -0.39 is 19.0 Å². The van der Waals surface area contributed by atoms with E-state index in [0.717, 1.165) is 16.9 Å². The smallest absolute Gasteiger partial charge is 0.314 e. The number of rotatable bonds is 10. The molecule has 0 aliphatic carbocycles. The molecule has 4 rings (SSSR count). The minimum absolute atomic E-state index is 0.269. The fraction of sp³-hybridized carbons (Fsp3) is 0.321. The van der Waals surface area contributed by atoms with Crippen LogP contribution in [-0.2, 0) is 14.1 Å². The molecule has 2 unspecified atom stereocenters. The molecule has 2 atom stereocenters. The second-order valence-corrected chi connectivity index (χ2v) is 11.3. The predicted molar refractivity (Wildman–Crippen MR) is 143 cm³/mol. The van der Waals surface area contributed by atoms with Gasteiger partial charge in [0.15, 0.2) is 0 Å². The maximum absolute atomic E-state index is 15.6. The van der Waals surface area contributed by atoms with Gasteiger partial charge < -0.3 is 19.4 Å². The van der Waals surface area contributed by atoms with Crippen LogP contribution in [0.15, 0.2) is 91.0 Å². The van der Waals surface area contributed by atoms with E-state index in [1.165, 1.54) is 0 Å². The summed E-state index contributed by atoms with van der Waals surface area (Å²) in [5.41, 5.74) is 2.07. The second-order valence-electron chi connectivity index (χ2n) is 8.52. The summed E-state index contributed by atoms with van der Waals surface area (Å²) in [4.78, 5) is 13.5. The van der Waals surface area contributed by atoms with Crippen LogP contribution in [0.2, 0.25) is 0 Å². The summed E-state index contributed by atoms with van der Waals surface area (Å²) in [7, 11) is -3.37. The molecule has 1 aliphatic heterocycles. The molecule has 0 aromatic heterocycles. The average Bonchev–Trinajstić information content (AvgIpc) is 3.25. The lowest BCUT2D eigenvalue weighted by molar-refractivity contribution is -0.145. The normalized spacial score (nSPS) is 16.6. The number of benzene rings is 3. The minimum Gasteiger partial charge on any atom is -0.465 e. The number of esters is 1. The molecule has 3 aromatic rings. The summed E-state index contributed by atoms with van der Waals surface area (Å²) in [6.07, 6.45) is 0. The van der Waals surface area contributed by atoms with Gasteiger partial charge in [-0.25, -0.2) is 0 Å². The minimum atomic E-state index is -3.37. The first kappa shape index (κ1) is 25.0. The molecule has 7 heteroatoms. The third kappa shape index (κ3) is 5.14. The molecule has 3 aromatic carbocycles. The standard InChI is InChI=1S/C28H34N3O3P/c1-3-29-22-26(27(28(32)34-4-2)23-14-8-5-9-15-23)35(33)30(24-16-10-6-11-17-24)20-21-31(35)25-18-12-7-13-19-25/h5-19,26-27,29H,3-4,20-22H2,1-2H3. The number of carbonyl (C=O) groups is 1. The van der Waals surface area contributed by atoms with E-state index in [9.17, 15) is 4.79 Å². The summed E-state index contributed by atoms with van der Waals surface area (Å²) in [6, 6.07) is 29.4. The predicted octanol–water partition coefficient (Wildman–Crippen LogP) is 5.53. The second kappa shape index (κ2) is 11.6. The van der Waals surface area contributed by atoms with Gasteiger partial charge in [0.25, 0.3) is 7.44 Å². The number of ether oxygens (including phenoxy) is 1. The van der Waals surface area contributed by atoms with Crippen molar-refractivity contribution in [1.29, 1.82) is 0 Å². The lowest BCUT2D eigenvalue weighted by Crippen LogP contribution is -2.42. The van der Waals surface area contributed by atoms with Crippen molar-refractivity contribution in [3.05, 3.63) is 96.6 Å². The van der Waals surface area contributed by atoms with Crippen LogP contribution in [0.3, 0.4) is 0 Å². The quantitative estimate of drug-likeness (QED) is 0.297. The Morgan fingerprint density at radius 2 is 1.34 bits per heavy atom. The largest absolute Gasteiger partial charge is 0.465 e. The van der Waals surface area contributed by atoms with Crippen molar-refractivity contribution in [3.8, 4) is 0 Å². The van der Waals surface area contributed by atoms with Crippen molar-refractivity contribution in [2.45, 2.75) is 25.4 Å². The molecule has 35 heavy (non-hydrogen) atoms. The van der Waals surface area contributed by atoms with Crippen molar-refractivity contribution in [2.24, 2.45) is 0 Å². The van der Waals surface area contributed by atoms with Gasteiger partial charge in [0.05, 0.1) is 18.2 Å². The number of hydrogen-bond acceptors (Lipinski definition) is 4. The zero-order chi connectivity index (χ0) is 24.7. The van der Waals surface area contributed by atoms with Crippen molar-refractivity contribution < 1.29 is 14.1 Å². The summed E-state index contributed by atoms with van der Waals surface area (Å²) in [6.45, 7) is 6.42. The maximum atomic E-state index is 15.6. The van der Waals surface area contributed by atoms with Gasteiger partial charge in [-0.15, -0.1) is 0 Å². The van der Waals surface area contributed by atoms with E-state index in [2.05, 4.69) is 5.32 Å². The topological polar surface area (TPSA) is 61.9 Å². The van der Waals surface area contributed by atoms with Crippen molar-refractivity contribution in [1.82, 2.24) is 5.32 Å². The molecule has 0 saturated carbocycles. The monoisotopic (exact) mass is 491 g/mol. The van der Waals surface area contributed by atoms with E-state index in [1.807, 2.05) is 114 Å². The first-order valence-corrected chi connectivity index (χ1v) is 14.0. The van der Waals surface area contributed by atoms with Gasteiger partial charge in [-0.2, -0.15) is 0 Å². The third-order valence-corrected chi connectivity index (χ3v) is 10.0. The molecule has 0 bridgehead atoms. The van der Waals surface area contributed by atoms with Crippen LogP contribution in [0, 0.1) is 0 Å². The van der Waals surface area contributed by atoms with E-state index in [4.69, 9.17) is 4.74 Å². The van der Waals surface area contributed by atoms with Gasteiger partial charge in [-0.1, -0.05) is 73.7 Å². The van der Waals surface area contributed by atoms with Gasteiger partial charge in [0.2, 0.25) is 0 Å². The summed E-state index contributed by atoms with van der Waals surface area (Å²) in [5.74, 6) is -1.03. The summed E-state index contributed by atoms with van der Waals surface area (Å²) in [5, 5.41) is 3.41. The number of carbonyl (C=O) groups excluding carboxylic acids is 1. The lowest BCUT2D eigenvalue weighted by Gasteiger charge is -2.40. The molecule has 1 fully saturated rings. The van der Waals surface area contributed by atoms with Gasteiger partial charge in [-0.05, 0) is 43.3 Å². The Bertz CT molecular complexity index is 1080. The number of hydrogen-bond donors (Lipinski definition) is 1. The molecule has 6 nitrogen and oxygen atoms in total. The molecular formula is C28H34N3O3P. The number of nitrogens with zero attached hydrogens (tertiary/aromatic N) is 2. The average molecular weight is 492 g/mol. The van der Waals surface area contributed by atoms with Gasteiger partial charge in [-0.3, -0.25) is 9.36 Å². The fourth-order valence-electron chi connectivity index (χ4n) is 4.88. The third-order valence-electron chi connectivity index (χ3n) is 6.44. The molecule has 1 saturated heterocycles. The van der Waals surface area contributed by atoms with Crippen LogP contribution in [0.25, 0.3) is 0 Å². The molecule has 1 N–H and O–H groups in total. The summed E-state index contributed by atoms with van der Waals surface area (Å²) < 4.78 is 25.2. The van der Waals surface area contributed by atoms with Gasteiger partial charge >= 0.3 is 5.97 Å². The van der Waals surface area contributed by atoms with Crippen molar-refractivity contribution >= 4 is 24.8 Å². The lowest BCUT2D eigenvalue weighted by atomic mass is 9.95. The SMILES string of the molecule is CCNCC(C(C(=O)OCC)c1ccccc1)P1(=O)N(c2ccccc2)CCN1c1ccccc1. The van der Waals surface area contributed by atoms with Crippen molar-refractivity contribution in [3.63, 3.8) is 0 Å². The van der Waals surface area contributed by atoms with E-state index in [0.29, 0.717) is 26.2 Å². The van der Waals surface area contributed by atoms with Crippen molar-refractivity contribution in [2.75, 3.05) is 42.1 Å². The molecular weight excluding hydrogens is 457 g/mol. The highest BCUT2D eigenvalue weighted by Crippen LogP contribution is 2.66. The fourth-order valence-corrected chi connectivity index (χ4v) is 8.59. The Morgan fingerprint density at radius 3 is 1.80 bits per heavy atom. The number of nitrogens with one attached hydrogen (secondary N) is 1. The molecule has 1 heterocycles. The first-order chi connectivity index (χ1) is 17.1.